The van der Waals surface area contributed by atoms with E-state index in [-0.39, 0.29) is 148 Å². The summed E-state index contributed by atoms with van der Waals surface area (Å²) < 4.78 is 21.5. The summed E-state index contributed by atoms with van der Waals surface area (Å²) in [5.74, 6) is -8.99. The van der Waals surface area contributed by atoms with Crippen molar-refractivity contribution in [3.05, 3.63) is 0 Å². The molecule has 78 heavy (non-hydrogen) atoms. The minimum absolute atomic E-state index is 0.00338. The second-order valence-electron chi connectivity index (χ2n) is 19.8. The van der Waals surface area contributed by atoms with Crippen LogP contribution in [-0.2, 0) is 71.7 Å². The lowest BCUT2D eigenvalue weighted by atomic mass is 9.85. The Bertz CT molecular complexity index is 1760. The molecular formula is C55H94N4O19. The quantitative estimate of drug-likeness (QED) is 0.0356. The van der Waals surface area contributed by atoms with Crippen LogP contribution in [0.4, 0.5) is 0 Å². The lowest BCUT2D eigenvalue weighted by molar-refractivity contribution is -0.142. The number of hydrogen-bond acceptors (Lipinski definition) is 15. The molecule has 0 aliphatic heterocycles. The van der Waals surface area contributed by atoms with Crippen molar-refractivity contribution in [3.63, 3.8) is 0 Å². The largest absolute Gasteiger partial charge is 0.481 e. The van der Waals surface area contributed by atoms with Crippen molar-refractivity contribution in [2.24, 2.45) is 17.8 Å². The van der Waals surface area contributed by atoms with Crippen molar-refractivity contribution in [1.29, 1.82) is 0 Å². The number of carbonyl (C=O) groups is 11. The summed E-state index contributed by atoms with van der Waals surface area (Å²) in [6.45, 7) is 3.87. The van der Waals surface area contributed by atoms with Crippen LogP contribution >= 0.6 is 0 Å². The predicted molar refractivity (Wildman–Crippen MR) is 286 cm³/mol. The number of amides is 4. The fourth-order valence-electron chi connectivity index (χ4n) is 8.11. The van der Waals surface area contributed by atoms with Crippen LogP contribution < -0.4 is 21.3 Å². The first-order chi connectivity index (χ1) is 37.3. The van der Waals surface area contributed by atoms with E-state index in [0.29, 0.717) is 25.7 Å². The van der Waals surface area contributed by atoms with Gasteiger partial charge in [-0.2, -0.15) is 0 Å². The van der Waals surface area contributed by atoms with Gasteiger partial charge in [-0.3, -0.25) is 47.9 Å². The van der Waals surface area contributed by atoms with E-state index < -0.39 is 77.5 Å². The molecule has 23 heteroatoms. The summed E-state index contributed by atoms with van der Waals surface area (Å²) in [7, 11) is 0. The van der Waals surface area contributed by atoms with Crippen LogP contribution in [0.2, 0.25) is 0 Å². The normalized spacial score (nSPS) is 12.6. The summed E-state index contributed by atoms with van der Waals surface area (Å²) in [4.78, 5) is 132. The molecule has 0 fully saturated rings. The van der Waals surface area contributed by atoms with Gasteiger partial charge >= 0.3 is 23.9 Å². The van der Waals surface area contributed by atoms with Gasteiger partial charge in [-0.15, -0.1) is 0 Å². The van der Waals surface area contributed by atoms with Gasteiger partial charge in [0.2, 0.25) is 23.6 Å². The molecule has 23 nitrogen and oxygen atoms in total. The third-order valence-electron chi connectivity index (χ3n) is 12.9. The molecule has 0 spiro atoms. The summed E-state index contributed by atoms with van der Waals surface area (Å²) >= 11 is 0. The molecule has 4 atom stereocenters. The third kappa shape index (κ3) is 45.6. The molecule has 0 saturated heterocycles. The highest BCUT2D eigenvalue weighted by Gasteiger charge is 2.29. The zero-order valence-corrected chi connectivity index (χ0v) is 46.6. The molecule has 448 valence electrons. The van der Waals surface area contributed by atoms with Crippen molar-refractivity contribution in [1.82, 2.24) is 21.3 Å². The molecule has 0 aromatic heterocycles. The molecule has 0 aliphatic rings. The standard InChI is InChI=1S/C55H94N4O19/c1-41(42(2)60)19-17-18-28-58-54(72)44(23-27-53(70)71)38-47(62)43(22-26-52(68)69)37-45(61)39-77-35-33-76-32-30-57-50(65)40-78-36-34-75-31-29-56-48(63)25-24-46(55(73)74)59-49(64)20-15-13-11-9-7-5-3-4-6-8-10-12-14-16-21-51(66)67/h41,43-44,46H,3-40H2,1-2H3,(H,56,63)(H,57,65)(H,58,72)(H,59,64)(H,66,67)(H,68,69)(H,70,71)(H,73,74)/t41-,43+,44+,46-/m0/s1. The number of carbonyl (C=O) groups excluding carboxylic acids is 7. The molecule has 0 heterocycles. The van der Waals surface area contributed by atoms with Crippen LogP contribution in [0.25, 0.3) is 0 Å². The molecule has 0 bridgehead atoms. The van der Waals surface area contributed by atoms with E-state index in [1.807, 2.05) is 6.92 Å². The van der Waals surface area contributed by atoms with Crippen LogP contribution in [-0.4, -0.2) is 164 Å². The van der Waals surface area contributed by atoms with Gasteiger partial charge in [0.05, 0.1) is 39.6 Å². The number of carboxylic acid groups (broad SMARTS) is 4. The Kier molecular flexibility index (Phi) is 45.3. The van der Waals surface area contributed by atoms with E-state index in [2.05, 4.69) is 21.3 Å². The first-order valence-corrected chi connectivity index (χ1v) is 28.2. The Hall–Kier alpha value is -5.39. The number of rotatable bonds is 56. The maximum Gasteiger partial charge on any atom is 0.326 e. The van der Waals surface area contributed by atoms with Gasteiger partial charge < -0.3 is 60.6 Å². The Morgan fingerprint density at radius 3 is 1.40 bits per heavy atom. The fraction of sp³-hybridized carbons (Fsp3) is 0.800. The molecular weight excluding hydrogens is 1020 g/mol. The average molecular weight is 1120 g/mol. The molecule has 0 rings (SSSR count). The number of ketones is 3. The van der Waals surface area contributed by atoms with Crippen LogP contribution in [0.15, 0.2) is 0 Å². The van der Waals surface area contributed by atoms with Crippen molar-refractivity contribution in [2.75, 3.05) is 72.5 Å². The number of Topliss-reactive ketones (excluding diaryl/α,β-unsaturated/α-hetero) is 3. The smallest absolute Gasteiger partial charge is 0.326 e. The minimum atomic E-state index is -1.21. The van der Waals surface area contributed by atoms with Gasteiger partial charge in [0.15, 0.2) is 5.78 Å². The van der Waals surface area contributed by atoms with Gasteiger partial charge in [-0.05, 0) is 51.9 Å². The minimum Gasteiger partial charge on any atom is -0.481 e. The van der Waals surface area contributed by atoms with E-state index in [1.165, 1.54) is 39.0 Å². The number of nitrogens with one attached hydrogen (secondary N) is 4. The number of ether oxygens (including phenoxy) is 4. The van der Waals surface area contributed by atoms with Gasteiger partial charge in [0.1, 0.15) is 30.8 Å². The van der Waals surface area contributed by atoms with E-state index >= 15 is 0 Å². The van der Waals surface area contributed by atoms with Crippen LogP contribution in [0.1, 0.15) is 187 Å². The van der Waals surface area contributed by atoms with Gasteiger partial charge in [-0.1, -0.05) is 90.4 Å². The lowest BCUT2D eigenvalue weighted by Crippen LogP contribution is -2.41. The van der Waals surface area contributed by atoms with E-state index in [4.69, 9.17) is 24.1 Å². The summed E-state index contributed by atoms with van der Waals surface area (Å²) in [6.07, 6.45) is 15.3. The molecule has 0 unspecified atom stereocenters. The lowest BCUT2D eigenvalue weighted by Gasteiger charge is -2.20. The highest BCUT2D eigenvalue weighted by Crippen LogP contribution is 2.22. The second kappa shape index (κ2) is 48.7. The van der Waals surface area contributed by atoms with E-state index in [1.54, 1.807) is 0 Å². The number of carboxylic acids is 4. The number of hydrogen-bond donors (Lipinski definition) is 8. The van der Waals surface area contributed by atoms with Crippen LogP contribution in [0.5, 0.6) is 0 Å². The molecule has 0 aromatic rings. The third-order valence-corrected chi connectivity index (χ3v) is 12.9. The zero-order chi connectivity index (χ0) is 58.2. The summed E-state index contributed by atoms with van der Waals surface area (Å²) in [6, 6.07) is -1.18. The maximum absolute atomic E-state index is 13.3. The zero-order valence-electron chi connectivity index (χ0n) is 46.6. The monoisotopic (exact) mass is 1110 g/mol. The van der Waals surface area contributed by atoms with Crippen molar-refractivity contribution >= 4 is 64.9 Å². The molecule has 0 saturated carbocycles. The first-order valence-electron chi connectivity index (χ1n) is 28.2. The SMILES string of the molecule is CC(=O)[C@@H](C)CCCCNC(=O)[C@H](CCC(=O)O)CC(=O)[C@H](CCC(=O)O)CC(=O)COCCOCCNC(=O)COCCOCCNC(=O)CC[C@H](NC(=O)CCCCCCCCCCCCCCCCC(=O)O)C(=O)O. The highest BCUT2D eigenvalue weighted by atomic mass is 16.5. The number of unbranched alkanes of at least 4 members (excludes halogenated alkanes) is 14. The van der Waals surface area contributed by atoms with Crippen molar-refractivity contribution in [2.45, 2.75) is 193 Å². The topological polar surface area (TPSA) is 354 Å². The average Bonchev–Trinajstić information content (AvgIpc) is 3.38. The molecule has 4 amide bonds. The van der Waals surface area contributed by atoms with Crippen LogP contribution in [0.3, 0.4) is 0 Å². The molecule has 8 N–H and O–H groups in total. The summed E-state index contributed by atoms with van der Waals surface area (Å²) in [5.41, 5.74) is 0. The molecule has 0 aromatic carbocycles. The Labute approximate surface area is 460 Å². The Morgan fingerprint density at radius 2 is 0.885 bits per heavy atom. The van der Waals surface area contributed by atoms with Crippen molar-refractivity contribution < 1.29 is 92.1 Å². The predicted octanol–water partition coefficient (Wildman–Crippen LogP) is 5.35. The van der Waals surface area contributed by atoms with Crippen LogP contribution in [0, 0.1) is 17.8 Å². The summed E-state index contributed by atoms with van der Waals surface area (Å²) in [5, 5.41) is 47.2. The van der Waals surface area contributed by atoms with Gasteiger partial charge in [0.25, 0.3) is 0 Å². The number of aliphatic carboxylic acids is 4. The van der Waals surface area contributed by atoms with Crippen molar-refractivity contribution in [3.8, 4) is 0 Å². The molecule has 0 radical (unpaired) electrons. The fourth-order valence-corrected chi connectivity index (χ4v) is 8.11. The first kappa shape index (κ1) is 72.6. The van der Waals surface area contributed by atoms with Gasteiger partial charge in [-0.25, -0.2) is 4.79 Å². The highest BCUT2D eigenvalue weighted by molar-refractivity contribution is 5.92. The Morgan fingerprint density at radius 1 is 0.410 bits per heavy atom. The van der Waals surface area contributed by atoms with E-state index in [0.717, 1.165) is 51.4 Å². The Balaban J connectivity index is 4.15. The second-order valence-corrected chi connectivity index (χ2v) is 19.8. The van der Waals surface area contributed by atoms with Gasteiger partial charge in [0, 0.05) is 82.3 Å². The molecule has 0 aliphatic carbocycles. The van der Waals surface area contributed by atoms with E-state index in [9.17, 15) is 68.1 Å². The maximum atomic E-state index is 13.3.